The van der Waals surface area contributed by atoms with Crippen LogP contribution in [0.25, 0.3) is 0 Å². The first-order chi connectivity index (χ1) is 16.7. The highest BCUT2D eigenvalue weighted by atomic mass is 79.9. The van der Waals surface area contributed by atoms with E-state index in [0.29, 0.717) is 30.0 Å². The predicted molar refractivity (Wildman–Crippen MR) is 136 cm³/mol. The predicted octanol–water partition coefficient (Wildman–Crippen LogP) is 2.53. The number of nitrogens with zero attached hydrogens (tertiary/aromatic N) is 1. The Balaban J connectivity index is 0.00000456. The fourth-order valence-corrected chi connectivity index (χ4v) is 3.73. The van der Waals surface area contributed by atoms with E-state index in [-0.39, 0.29) is 63.9 Å². The van der Waals surface area contributed by atoms with E-state index in [2.05, 4.69) is 5.32 Å². The molecule has 194 valence electrons. The Labute approximate surface area is 218 Å². The zero-order valence-corrected chi connectivity index (χ0v) is 22.0. The normalized spacial score (nSPS) is 11.8. The van der Waals surface area contributed by atoms with E-state index in [1.165, 1.54) is 33.4 Å². The number of rotatable bonds is 11. The van der Waals surface area contributed by atoms with Crippen molar-refractivity contribution >= 4 is 40.5 Å². The molecule has 0 unspecified atom stereocenters. The number of methoxy groups -OCH3 is 2. The Hall–Kier alpha value is -3.80. The van der Waals surface area contributed by atoms with Crippen LogP contribution >= 0.6 is 17.0 Å². The molecule has 0 bridgehead atoms. The van der Waals surface area contributed by atoms with E-state index in [1.54, 1.807) is 17.0 Å². The van der Waals surface area contributed by atoms with Crippen LogP contribution in [0.3, 0.4) is 0 Å². The summed E-state index contributed by atoms with van der Waals surface area (Å²) >= 11 is 0. The lowest BCUT2D eigenvalue weighted by atomic mass is 10.0. The molecule has 0 atom stereocenters. The van der Waals surface area contributed by atoms with E-state index >= 15 is 0 Å². The third-order valence-corrected chi connectivity index (χ3v) is 5.37. The number of amides is 1. The lowest BCUT2D eigenvalue weighted by Gasteiger charge is -2.18. The number of halogens is 1. The minimum absolute atomic E-state index is 0. The Bertz CT molecular complexity index is 1160. The Kier molecular flexibility index (Phi) is 9.68. The topological polar surface area (TPSA) is 147 Å². The second-order valence-electron chi connectivity index (χ2n) is 7.54. The number of aliphatic carboxylic acids is 1. The molecule has 0 aliphatic carbocycles. The minimum Gasteiger partial charge on any atom is -0.493 e. The van der Waals surface area contributed by atoms with Crippen molar-refractivity contribution in [2.45, 2.75) is 13.5 Å². The van der Waals surface area contributed by atoms with Crippen molar-refractivity contribution in [3.63, 3.8) is 0 Å². The molecular weight excluding hydrogens is 538 g/mol. The van der Waals surface area contributed by atoms with Gasteiger partial charge in [0.2, 0.25) is 5.75 Å². The van der Waals surface area contributed by atoms with Gasteiger partial charge in [0.05, 0.1) is 32.9 Å². The number of nitrogens with one attached hydrogen (secondary N) is 2. The van der Waals surface area contributed by atoms with Gasteiger partial charge < -0.3 is 34.3 Å². The fourth-order valence-electron chi connectivity index (χ4n) is 3.73. The Morgan fingerprint density at radius 2 is 1.69 bits per heavy atom. The van der Waals surface area contributed by atoms with Crippen LogP contribution in [-0.2, 0) is 11.3 Å². The van der Waals surface area contributed by atoms with Crippen LogP contribution in [0.2, 0.25) is 0 Å². The monoisotopic (exact) mass is 565 g/mol. The number of carbonyl (C=O) groups excluding carboxylic acids is 2. The molecule has 3 N–H and O–H groups in total. The maximum atomic E-state index is 13.1. The van der Waals surface area contributed by atoms with Gasteiger partial charge in [0.25, 0.3) is 5.91 Å². The van der Waals surface area contributed by atoms with Crippen molar-refractivity contribution in [1.29, 1.82) is 5.41 Å². The van der Waals surface area contributed by atoms with Crippen LogP contribution in [-0.4, -0.2) is 74.5 Å². The third kappa shape index (κ3) is 5.88. The maximum Gasteiger partial charge on any atom is 0.341 e. The number of carboxylic acid groups (broad SMARTS) is 1. The van der Waals surface area contributed by atoms with E-state index in [0.717, 1.165) is 5.56 Å². The summed E-state index contributed by atoms with van der Waals surface area (Å²) in [6.45, 7) is 1.76. The van der Waals surface area contributed by atoms with Crippen LogP contribution in [0.5, 0.6) is 23.0 Å². The highest BCUT2D eigenvalue weighted by Gasteiger charge is 2.30. The Morgan fingerprint density at radius 3 is 2.22 bits per heavy atom. The first-order valence-corrected chi connectivity index (χ1v) is 10.7. The van der Waals surface area contributed by atoms with Crippen LogP contribution < -0.4 is 24.3 Å². The first kappa shape index (κ1) is 28.4. The smallest absolute Gasteiger partial charge is 0.341 e. The molecule has 0 radical (unpaired) electrons. The van der Waals surface area contributed by atoms with Crippen molar-refractivity contribution in [2.24, 2.45) is 0 Å². The second kappa shape index (κ2) is 12.2. The van der Waals surface area contributed by atoms with Crippen LogP contribution in [0.15, 0.2) is 24.3 Å². The number of benzene rings is 2. The van der Waals surface area contributed by atoms with Crippen molar-refractivity contribution in [2.75, 3.05) is 41.0 Å². The highest BCUT2D eigenvalue weighted by molar-refractivity contribution is 8.93. The summed E-state index contributed by atoms with van der Waals surface area (Å²) in [5.41, 5.74) is 1.88. The quantitative estimate of drug-likeness (QED) is 0.349. The summed E-state index contributed by atoms with van der Waals surface area (Å²) in [6.07, 6.45) is 0. The maximum absolute atomic E-state index is 13.1. The molecule has 0 aromatic heterocycles. The average Bonchev–Trinajstić information content (AvgIpc) is 3.15. The summed E-state index contributed by atoms with van der Waals surface area (Å²) in [5, 5.41) is 20.0. The van der Waals surface area contributed by atoms with E-state index in [9.17, 15) is 14.4 Å². The number of hydrogen-bond acceptors (Lipinski definition) is 8. The molecule has 2 aromatic carbocycles. The lowest BCUT2D eigenvalue weighted by molar-refractivity contribution is -0.139. The van der Waals surface area contributed by atoms with E-state index in [1.807, 2.05) is 6.92 Å². The van der Waals surface area contributed by atoms with Gasteiger partial charge in [-0.25, -0.2) is 4.79 Å². The second-order valence-corrected chi connectivity index (χ2v) is 7.54. The number of hydrogen-bond donors (Lipinski definition) is 3. The summed E-state index contributed by atoms with van der Waals surface area (Å²) in [6, 6.07) is 6.20. The number of carbonyl (C=O) groups is 3. The SMILES string of the molecule is Br.CCOc1cc2c(cc1C(=O)NC)C(=N)N(CC(=O)c1cc(OC)c(OCC(=O)O)c(OC)c1)C2. The Morgan fingerprint density at radius 1 is 1.06 bits per heavy atom. The number of Topliss-reactive ketones (excluding diaryl/α,β-unsaturated/α-hetero) is 1. The number of fused-ring (bicyclic) bond motifs is 1. The lowest BCUT2D eigenvalue weighted by Crippen LogP contribution is -2.30. The number of ether oxygens (including phenoxy) is 4. The van der Waals surface area contributed by atoms with Crippen LogP contribution in [0.4, 0.5) is 0 Å². The molecule has 3 rings (SSSR count). The van der Waals surface area contributed by atoms with Gasteiger partial charge in [-0.1, -0.05) is 0 Å². The van der Waals surface area contributed by atoms with Crippen LogP contribution in [0, 0.1) is 5.41 Å². The molecule has 1 heterocycles. The molecule has 1 amide bonds. The summed E-state index contributed by atoms with van der Waals surface area (Å²) in [5.74, 6) is -0.937. The van der Waals surface area contributed by atoms with Gasteiger partial charge in [0, 0.05) is 24.7 Å². The summed E-state index contributed by atoms with van der Waals surface area (Å²) in [4.78, 5) is 37.9. The molecule has 1 aliphatic rings. The number of carboxylic acids is 1. The van der Waals surface area contributed by atoms with Crippen molar-refractivity contribution < 1.29 is 38.4 Å². The zero-order valence-electron chi connectivity index (χ0n) is 20.3. The molecule has 0 fully saturated rings. The first-order valence-electron chi connectivity index (χ1n) is 10.7. The molecular formula is C24H28BrN3O8. The highest BCUT2D eigenvalue weighted by Crippen LogP contribution is 2.39. The molecule has 11 nitrogen and oxygen atoms in total. The number of amidine groups is 1. The van der Waals surface area contributed by atoms with Gasteiger partial charge in [-0.3, -0.25) is 15.0 Å². The van der Waals surface area contributed by atoms with E-state index < -0.39 is 12.6 Å². The van der Waals surface area contributed by atoms with Crippen molar-refractivity contribution in [3.8, 4) is 23.0 Å². The van der Waals surface area contributed by atoms with Gasteiger partial charge >= 0.3 is 5.97 Å². The van der Waals surface area contributed by atoms with Crippen molar-refractivity contribution in [3.05, 3.63) is 46.5 Å². The van der Waals surface area contributed by atoms with Gasteiger partial charge in [0.1, 0.15) is 11.6 Å². The standard InChI is InChI=1S/C24H27N3O8.BrH/c1-5-34-18-8-14-10-27(23(25)15(14)9-16(18)24(31)26-2)11-17(28)13-6-19(32-3)22(20(7-13)33-4)35-12-21(29)30;/h6-9,25H,5,10-12H2,1-4H3,(H,26,31)(H,29,30);1H. The van der Waals surface area contributed by atoms with Crippen LogP contribution in [0.1, 0.15) is 38.8 Å². The summed E-state index contributed by atoms with van der Waals surface area (Å²) < 4.78 is 21.4. The van der Waals surface area contributed by atoms with Crippen molar-refractivity contribution in [1.82, 2.24) is 10.2 Å². The third-order valence-electron chi connectivity index (χ3n) is 5.37. The van der Waals surface area contributed by atoms with Gasteiger partial charge in [-0.2, -0.15) is 0 Å². The molecule has 0 saturated carbocycles. The van der Waals surface area contributed by atoms with Gasteiger partial charge in [-0.15, -0.1) is 17.0 Å². The number of ketones is 1. The molecule has 2 aromatic rings. The molecule has 1 aliphatic heterocycles. The molecule has 0 saturated heterocycles. The average molecular weight is 566 g/mol. The molecule has 12 heteroatoms. The van der Waals surface area contributed by atoms with Gasteiger partial charge in [0.15, 0.2) is 23.9 Å². The molecule has 36 heavy (non-hydrogen) atoms. The van der Waals surface area contributed by atoms with E-state index in [4.69, 9.17) is 29.5 Å². The zero-order chi connectivity index (χ0) is 25.7. The molecule has 0 spiro atoms. The fraction of sp³-hybridized carbons (Fsp3) is 0.333. The largest absolute Gasteiger partial charge is 0.493 e. The summed E-state index contributed by atoms with van der Waals surface area (Å²) in [7, 11) is 4.25. The van der Waals surface area contributed by atoms with Gasteiger partial charge in [-0.05, 0) is 36.8 Å². The minimum atomic E-state index is -1.17.